The molecule has 5 nitrogen and oxygen atoms in total. The summed E-state index contributed by atoms with van der Waals surface area (Å²) in [7, 11) is 0. The van der Waals surface area contributed by atoms with E-state index < -0.39 is 22.3 Å². The lowest BCUT2D eigenvalue weighted by atomic mass is 10.1. The highest BCUT2D eigenvalue weighted by atomic mass is 19.1. The first-order valence-corrected chi connectivity index (χ1v) is 4.39. The maximum Gasteiger partial charge on any atom is 0.304 e. The van der Waals surface area contributed by atoms with Gasteiger partial charge >= 0.3 is 5.69 Å². The Kier molecular flexibility index (Phi) is 3.71. The molecule has 6 heteroatoms. The first kappa shape index (κ1) is 11.8. The Morgan fingerprint density at radius 3 is 2.75 bits per heavy atom. The van der Waals surface area contributed by atoms with Crippen LogP contribution in [-0.4, -0.2) is 10.8 Å². The molecule has 0 spiro atoms. The molecular weight excluding hydrogens is 215 g/mol. The fourth-order valence-corrected chi connectivity index (χ4v) is 1.09. The number of primary amides is 1. The Hall–Kier alpha value is -2.24. The monoisotopic (exact) mass is 224 g/mol. The highest BCUT2D eigenvalue weighted by molar-refractivity contribution is 5.76. The summed E-state index contributed by atoms with van der Waals surface area (Å²) in [5, 5.41) is 10.3. The van der Waals surface area contributed by atoms with E-state index in [4.69, 9.17) is 5.73 Å². The molecule has 1 amide bonds. The second kappa shape index (κ2) is 5.01. The van der Waals surface area contributed by atoms with Crippen LogP contribution in [0.1, 0.15) is 12.0 Å². The Morgan fingerprint density at radius 1 is 1.56 bits per heavy atom. The van der Waals surface area contributed by atoms with Crippen LogP contribution in [-0.2, 0) is 4.79 Å². The number of carbonyl (C=O) groups excluding carboxylic acids is 1. The fraction of sp³-hybridized carbons (Fsp3) is 0.100. The van der Waals surface area contributed by atoms with Crippen LogP contribution >= 0.6 is 0 Å². The molecule has 0 bridgehead atoms. The third-order valence-corrected chi connectivity index (χ3v) is 1.80. The van der Waals surface area contributed by atoms with Gasteiger partial charge in [0.2, 0.25) is 11.7 Å². The summed E-state index contributed by atoms with van der Waals surface area (Å²) in [5.74, 6) is -1.41. The maximum atomic E-state index is 13.1. The Labute approximate surface area is 90.5 Å². The number of carbonyl (C=O) groups is 1. The van der Waals surface area contributed by atoms with Gasteiger partial charge in [-0.25, -0.2) is 0 Å². The predicted octanol–water partition coefficient (Wildman–Crippen LogP) is 1.62. The Balaban J connectivity index is 2.85. The van der Waals surface area contributed by atoms with Gasteiger partial charge in [0, 0.05) is 12.5 Å². The first-order chi connectivity index (χ1) is 7.50. The van der Waals surface area contributed by atoms with Crippen molar-refractivity contribution >= 4 is 17.7 Å². The number of nitrogens with two attached hydrogens (primary N) is 1. The van der Waals surface area contributed by atoms with E-state index in [1.807, 2.05) is 0 Å². The lowest BCUT2D eigenvalue weighted by Gasteiger charge is -1.95. The van der Waals surface area contributed by atoms with E-state index in [-0.39, 0.29) is 6.42 Å². The number of hydrogen-bond acceptors (Lipinski definition) is 3. The van der Waals surface area contributed by atoms with Crippen LogP contribution in [0, 0.1) is 15.9 Å². The van der Waals surface area contributed by atoms with Gasteiger partial charge in [0.25, 0.3) is 0 Å². The van der Waals surface area contributed by atoms with E-state index in [9.17, 15) is 19.3 Å². The van der Waals surface area contributed by atoms with Crippen LogP contribution in [0.5, 0.6) is 0 Å². The number of amides is 1. The van der Waals surface area contributed by atoms with Gasteiger partial charge in [0.05, 0.1) is 4.92 Å². The molecule has 84 valence electrons. The lowest BCUT2D eigenvalue weighted by Crippen LogP contribution is -2.07. The molecule has 1 aromatic carbocycles. The van der Waals surface area contributed by atoms with E-state index in [1.165, 1.54) is 18.2 Å². The van der Waals surface area contributed by atoms with Crippen molar-refractivity contribution in [2.24, 2.45) is 5.73 Å². The number of benzene rings is 1. The van der Waals surface area contributed by atoms with Gasteiger partial charge in [-0.3, -0.25) is 14.9 Å². The van der Waals surface area contributed by atoms with Crippen LogP contribution in [0.4, 0.5) is 10.1 Å². The molecule has 1 aromatic rings. The minimum Gasteiger partial charge on any atom is -0.369 e. The normalized spacial score (nSPS) is 10.6. The fourth-order valence-electron chi connectivity index (χ4n) is 1.09. The number of halogens is 1. The lowest BCUT2D eigenvalue weighted by molar-refractivity contribution is -0.387. The van der Waals surface area contributed by atoms with Crippen molar-refractivity contribution in [3.05, 3.63) is 45.8 Å². The summed E-state index contributed by atoms with van der Waals surface area (Å²) in [6.07, 6.45) is 2.97. The second-order valence-corrected chi connectivity index (χ2v) is 3.04. The molecule has 16 heavy (non-hydrogen) atoms. The zero-order valence-electron chi connectivity index (χ0n) is 8.22. The molecule has 0 aliphatic heterocycles. The molecule has 0 saturated carbocycles. The molecule has 0 aliphatic rings. The van der Waals surface area contributed by atoms with Crippen LogP contribution in [0.25, 0.3) is 6.08 Å². The van der Waals surface area contributed by atoms with E-state index in [1.54, 1.807) is 0 Å². The SMILES string of the molecule is NC(=O)CC=Cc1ccc([N+](=O)[O-])c(F)c1. The van der Waals surface area contributed by atoms with Gasteiger partial charge < -0.3 is 5.73 Å². The second-order valence-electron chi connectivity index (χ2n) is 3.04. The van der Waals surface area contributed by atoms with Crippen molar-refractivity contribution in [1.29, 1.82) is 0 Å². The Morgan fingerprint density at radius 2 is 2.25 bits per heavy atom. The summed E-state index contributed by atoms with van der Waals surface area (Å²) in [4.78, 5) is 19.9. The maximum absolute atomic E-state index is 13.1. The van der Waals surface area contributed by atoms with Crippen LogP contribution in [0.2, 0.25) is 0 Å². The molecule has 0 radical (unpaired) electrons. The summed E-state index contributed by atoms with van der Waals surface area (Å²) in [5.41, 5.74) is 4.75. The smallest absolute Gasteiger partial charge is 0.304 e. The first-order valence-electron chi connectivity index (χ1n) is 4.39. The van der Waals surface area contributed by atoms with E-state index in [0.29, 0.717) is 5.56 Å². The van der Waals surface area contributed by atoms with E-state index >= 15 is 0 Å². The summed E-state index contributed by atoms with van der Waals surface area (Å²) >= 11 is 0. The third-order valence-electron chi connectivity index (χ3n) is 1.80. The number of hydrogen-bond donors (Lipinski definition) is 1. The average molecular weight is 224 g/mol. The average Bonchev–Trinajstić information content (AvgIpc) is 2.16. The molecule has 0 unspecified atom stereocenters. The van der Waals surface area contributed by atoms with Crippen LogP contribution in [0.15, 0.2) is 24.3 Å². The van der Waals surface area contributed by atoms with Crippen molar-refractivity contribution in [2.45, 2.75) is 6.42 Å². The number of nitro benzene ring substituents is 1. The van der Waals surface area contributed by atoms with Gasteiger partial charge in [-0.15, -0.1) is 0 Å². The largest absolute Gasteiger partial charge is 0.369 e. The molecule has 0 aromatic heterocycles. The van der Waals surface area contributed by atoms with Crippen molar-refractivity contribution in [3.63, 3.8) is 0 Å². The minimum absolute atomic E-state index is 0.0403. The number of nitrogens with zero attached hydrogens (tertiary/aromatic N) is 1. The van der Waals surface area contributed by atoms with E-state index in [0.717, 1.165) is 12.1 Å². The highest BCUT2D eigenvalue weighted by Gasteiger charge is 2.12. The molecular formula is C10H9FN2O3. The van der Waals surface area contributed by atoms with Gasteiger partial charge in [-0.05, 0) is 17.7 Å². The highest BCUT2D eigenvalue weighted by Crippen LogP contribution is 2.18. The van der Waals surface area contributed by atoms with Gasteiger partial charge in [-0.1, -0.05) is 12.2 Å². The quantitative estimate of drug-likeness (QED) is 0.622. The topological polar surface area (TPSA) is 86.2 Å². The predicted molar refractivity (Wildman–Crippen MR) is 55.9 cm³/mol. The number of nitro groups is 1. The van der Waals surface area contributed by atoms with E-state index in [2.05, 4.69) is 0 Å². The molecule has 0 aliphatic carbocycles. The third kappa shape index (κ3) is 3.16. The molecule has 1 rings (SSSR count). The zero-order valence-corrected chi connectivity index (χ0v) is 8.22. The molecule has 0 heterocycles. The summed E-state index contributed by atoms with van der Waals surface area (Å²) < 4.78 is 13.1. The van der Waals surface area contributed by atoms with Crippen LogP contribution < -0.4 is 5.73 Å². The van der Waals surface area contributed by atoms with Crippen molar-refractivity contribution < 1.29 is 14.1 Å². The van der Waals surface area contributed by atoms with Gasteiger partial charge in [0.1, 0.15) is 0 Å². The number of rotatable bonds is 4. The zero-order chi connectivity index (χ0) is 12.1. The van der Waals surface area contributed by atoms with Crippen molar-refractivity contribution in [3.8, 4) is 0 Å². The summed E-state index contributed by atoms with van der Waals surface area (Å²) in [6, 6.07) is 3.48. The van der Waals surface area contributed by atoms with Crippen molar-refractivity contribution in [2.75, 3.05) is 0 Å². The molecule has 0 fully saturated rings. The van der Waals surface area contributed by atoms with Gasteiger partial charge in [0.15, 0.2) is 0 Å². The standard InChI is InChI=1S/C10H9FN2O3/c11-8-6-7(2-1-3-10(12)14)4-5-9(8)13(15)16/h1-2,4-6H,3H2,(H2,12,14). The van der Waals surface area contributed by atoms with Crippen molar-refractivity contribution in [1.82, 2.24) is 0 Å². The molecule has 0 saturated heterocycles. The Bertz CT molecular complexity index is 457. The van der Waals surface area contributed by atoms with Gasteiger partial charge in [-0.2, -0.15) is 4.39 Å². The minimum atomic E-state index is -0.911. The molecule has 0 atom stereocenters. The summed E-state index contributed by atoms with van der Waals surface area (Å²) in [6.45, 7) is 0. The molecule has 2 N–H and O–H groups in total. The van der Waals surface area contributed by atoms with Crippen LogP contribution in [0.3, 0.4) is 0 Å².